The van der Waals surface area contributed by atoms with Crippen LogP contribution in [-0.4, -0.2) is 35.3 Å². The Balaban J connectivity index is 1.96. The van der Waals surface area contributed by atoms with Crippen LogP contribution in [0.15, 0.2) is 65.6 Å². The Morgan fingerprint density at radius 2 is 1.71 bits per heavy atom. The van der Waals surface area contributed by atoms with Gasteiger partial charge in [0, 0.05) is 19.4 Å². The van der Waals surface area contributed by atoms with Crippen molar-refractivity contribution in [2.45, 2.75) is 39.3 Å². The topological polar surface area (TPSA) is 97.6 Å². The molecule has 0 saturated heterocycles. The summed E-state index contributed by atoms with van der Waals surface area (Å²) in [7, 11) is 1.45. The molecule has 34 heavy (non-hydrogen) atoms. The molecule has 7 heteroatoms. The molecule has 2 atom stereocenters. The van der Waals surface area contributed by atoms with Gasteiger partial charge in [0.25, 0.3) is 5.56 Å². The van der Waals surface area contributed by atoms with Crippen molar-refractivity contribution < 1.29 is 19.4 Å². The van der Waals surface area contributed by atoms with Crippen LogP contribution in [0.4, 0.5) is 0 Å². The normalized spacial score (nSPS) is 12.7. The summed E-state index contributed by atoms with van der Waals surface area (Å²) >= 11 is 0. The number of hydrogen-bond donors (Lipinski definition) is 2. The second-order valence-corrected chi connectivity index (χ2v) is 8.47. The zero-order valence-corrected chi connectivity index (χ0v) is 19.9. The van der Waals surface area contributed by atoms with Gasteiger partial charge in [-0.05, 0) is 66.3 Å². The molecule has 0 bridgehead atoms. The van der Waals surface area contributed by atoms with E-state index in [4.69, 9.17) is 4.74 Å². The maximum atomic E-state index is 13.3. The van der Waals surface area contributed by atoms with Crippen molar-refractivity contribution in [1.29, 1.82) is 0 Å². The molecule has 2 N–H and O–H groups in total. The molecule has 0 radical (unpaired) electrons. The quantitative estimate of drug-likeness (QED) is 0.502. The fourth-order valence-electron chi connectivity index (χ4n) is 4.16. The molecule has 7 nitrogen and oxygen atoms in total. The van der Waals surface area contributed by atoms with Gasteiger partial charge in [0.1, 0.15) is 6.04 Å². The fourth-order valence-corrected chi connectivity index (χ4v) is 4.16. The van der Waals surface area contributed by atoms with Gasteiger partial charge in [-0.15, -0.1) is 0 Å². The highest BCUT2D eigenvalue weighted by molar-refractivity contribution is 5.82. The van der Waals surface area contributed by atoms with Crippen molar-refractivity contribution in [2.75, 3.05) is 13.7 Å². The number of amides is 1. The van der Waals surface area contributed by atoms with E-state index in [1.807, 2.05) is 50.2 Å². The van der Waals surface area contributed by atoms with Gasteiger partial charge in [-0.1, -0.05) is 36.4 Å². The third-order valence-corrected chi connectivity index (χ3v) is 5.82. The molecular weight excluding hydrogens is 432 g/mol. The number of nitrogens with one attached hydrogen (secondary N) is 1. The molecule has 0 fully saturated rings. The minimum Gasteiger partial charge on any atom is -0.481 e. The lowest BCUT2D eigenvalue weighted by molar-refractivity contribution is -0.138. The summed E-state index contributed by atoms with van der Waals surface area (Å²) in [6.07, 6.45) is 1.25. The highest BCUT2D eigenvalue weighted by Crippen LogP contribution is 2.30. The maximum Gasteiger partial charge on any atom is 0.305 e. The lowest BCUT2D eigenvalue weighted by Gasteiger charge is -2.24. The highest BCUT2D eigenvalue weighted by atomic mass is 16.5. The van der Waals surface area contributed by atoms with Gasteiger partial charge in [0.2, 0.25) is 5.91 Å². The largest absolute Gasteiger partial charge is 0.481 e. The second-order valence-electron chi connectivity index (χ2n) is 8.47. The predicted octanol–water partition coefficient (Wildman–Crippen LogP) is 3.96. The molecule has 1 heterocycles. The maximum absolute atomic E-state index is 13.3. The molecule has 0 aliphatic carbocycles. The minimum absolute atomic E-state index is 0.0307. The zero-order valence-electron chi connectivity index (χ0n) is 19.9. The number of aryl methyl sites for hydroxylation is 3. The van der Waals surface area contributed by atoms with Crippen molar-refractivity contribution in [3.63, 3.8) is 0 Å². The van der Waals surface area contributed by atoms with Crippen LogP contribution in [0.5, 0.6) is 0 Å². The van der Waals surface area contributed by atoms with Crippen LogP contribution in [0.3, 0.4) is 0 Å². The van der Waals surface area contributed by atoms with Gasteiger partial charge >= 0.3 is 5.97 Å². The number of aromatic nitrogens is 1. The first-order valence-electron chi connectivity index (χ1n) is 11.1. The molecule has 3 aromatic rings. The van der Waals surface area contributed by atoms with Crippen LogP contribution in [0.25, 0.3) is 11.1 Å². The molecule has 0 aliphatic rings. The number of methoxy groups -OCH3 is 1. The van der Waals surface area contributed by atoms with Gasteiger partial charge in [0.15, 0.2) is 0 Å². The Morgan fingerprint density at radius 3 is 2.32 bits per heavy atom. The molecule has 2 aromatic carbocycles. The van der Waals surface area contributed by atoms with E-state index >= 15 is 0 Å². The number of carbonyl (C=O) groups is 2. The Kier molecular flexibility index (Phi) is 8.02. The number of ether oxygens (including phenoxy) is 1. The molecule has 3 rings (SSSR count). The third-order valence-electron chi connectivity index (χ3n) is 5.82. The molecule has 0 spiro atoms. The number of aliphatic carboxylic acids is 1. The number of carboxylic acids is 1. The lowest BCUT2D eigenvalue weighted by Crippen LogP contribution is -2.41. The van der Waals surface area contributed by atoms with Gasteiger partial charge < -0.3 is 19.7 Å². The van der Waals surface area contributed by atoms with E-state index in [-0.39, 0.29) is 18.6 Å². The number of carbonyl (C=O) groups excluding carboxylic acids is 1. The Labute approximate surface area is 199 Å². The number of hydrogen-bond acceptors (Lipinski definition) is 4. The van der Waals surface area contributed by atoms with Crippen LogP contribution < -0.4 is 10.9 Å². The molecule has 0 saturated carbocycles. The summed E-state index contributed by atoms with van der Waals surface area (Å²) < 4.78 is 6.50. The van der Waals surface area contributed by atoms with Crippen molar-refractivity contribution in [1.82, 2.24) is 9.88 Å². The van der Waals surface area contributed by atoms with Gasteiger partial charge in [-0.2, -0.15) is 0 Å². The summed E-state index contributed by atoms with van der Waals surface area (Å²) in [5.74, 6) is -1.53. The first kappa shape index (κ1) is 24.9. The van der Waals surface area contributed by atoms with Crippen molar-refractivity contribution in [3.05, 3.63) is 93.4 Å². The van der Waals surface area contributed by atoms with Crippen LogP contribution in [0, 0.1) is 20.8 Å². The number of pyridine rings is 1. The average molecular weight is 463 g/mol. The number of benzene rings is 2. The average Bonchev–Trinajstić information content (AvgIpc) is 2.77. The van der Waals surface area contributed by atoms with E-state index in [1.54, 1.807) is 25.3 Å². The first-order chi connectivity index (χ1) is 16.2. The van der Waals surface area contributed by atoms with Crippen LogP contribution in [0.1, 0.15) is 40.8 Å². The third kappa shape index (κ3) is 5.80. The Morgan fingerprint density at radius 1 is 1.03 bits per heavy atom. The monoisotopic (exact) mass is 462 g/mol. The van der Waals surface area contributed by atoms with Gasteiger partial charge in [-0.25, -0.2) is 0 Å². The smallest absolute Gasteiger partial charge is 0.305 e. The van der Waals surface area contributed by atoms with Crippen molar-refractivity contribution >= 4 is 11.9 Å². The predicted molar refractivity (Wildman–Crippen MR) is 131 cm³/mol. The fraction of sp³-hybridized carbons (Fsp3) is 0.296. The molecule has 1 aromatic heterocycles. The molecular formula is C27H30N2O5. The van der Waals surface area contributed by atoms with Crippen LogP contribution in [-0.2, 0) is 14.3 Å². The molecule has 178 valence electrons. The Hall–Kier alpha value is -3.71. The van der Waals surface area contributed by atoms with E-state index in [1.165, 1.54) is 17.7 Å². The number of carboxylic acid groups (broad SMARTS) is 1. The van der Waals surface area contributed by atoms with E-state index < -0.39 is 24.0 Å². The summed E-state index contributed by atoms with van der Waals surface area (Å²) in [4.78, 5) is 37.4. The zero-order chi connectivity index (χ0) is 24.8. The molecule has 0 aliphatic heterocycles. The van der Waals surface area contributed by atoms with Crippen LogP contribution in [0.2, 0.25) is 0 Å². The molecule has 2 unspecified atom stereocenters. The number of nitrogens with zero attached hydrogens (tertiary/aromatic N) is 1. The van der Waals surface area contributed by atoms with E-state index in [2.05, 4.69) is 5.32 Å². The Bertz CT molecular complexity index is 1230. The summed E-state index contributed by atoms with van der Waals surface area (Å²) in [5.41, 5.74) is 5.36. The van der Waals surface area contributed by atoms with Crippen LogP contribution >= 0.6 is 0 Å². The molecule has 1 amide bonds. The summed E-state index contributed by atoms with van der Waals surface area (Å²) in [5, 5.41) is 12.4. The SMILES string of the molecule is COCC(C(=O)NC(CC(=O)O)c1cccc(-c2c(C)cccc2C)c1)n1ccc(C)cc1=O. The first-order valence-corrected chi connectivity index (χ1v) is 11.1. The lowest BCUT2D eigenvalue weighted by atomic mass is 9.92. The van der Waals surface area contributed by atoms with Crippen molar-refractivity contribution in [2.24, 2.45) is 0 Å². The van der Waals surface area contributed by atoms with E-state index in [9.17, 15) is 19.5 Å². The number of rotatable bonds is 9. The standard InChI is InChI=1S/C27H30N2O5/c1-17-11-12-29(24(30)13-17)23(16-34-4)27(33)28-22(15-25(31)32)20-9-6-10-21(14-20)26-18(2)7-5-8-19(26)3/h5-14,22-23H,15-16H2,1-4H3,(H,28,33)(H,31,32). The van der Waals surface area contributed by atoms with Gasteiger partial charge in [0.05, 0.1) is 19.1 Å². The summed E-state index contributed by atoms with van der Waals surface area (Å²) in [6, 6.07) is 15.0. The highest BCUT2D eigenvalue weighted by Gasteiger charge is 2.26. The van der Waals surface area contributed by atoms with E-state index in [0.29, 0.717) is 5.56 Å². The van der Waals surface area contributed by atoms with E-state index in [0.717, 1.165) is 27.8 Å². The van der Waals surface area contributed by atoms with Gasteiger partial charge in [-0.3, -0.25) is 14.4 Å². The minimum atomic E-state index is -1.04. The van der Waals surface area contributed by atoms with Crippen molar-refractivity contribution in [3.8, 4) is 11.1 Å². The summed E-state index contributed by atoms with van der Waals surface area (Å²) in [6.45, 7) is 5.82. The second kappa shape index (κ2) is 10.9.